The summed E-state index contributed by atoms with van der Waals surface area (Å²) < 4.78 is 0. The van der Waals surface area contributed by atoms with E-state index in [1.165, 1.54) is 6.42 Å². The van der Waals surface area contributed by atoms with Gasteiger partial charge in [0.25, 0.3) is 0 Å². The molecule has 0 heterocycles. The van der Waals surface area contributed by atoms with E-state index in [1.807, 2.05) is 37.3 Å². The standard InChI is InChI=1S/C11H13N.C3H8/c1-3-6-9-7-5-8-11(12)10(9)4-2;1-3-2/h3-8H,1,12H2,2H3;3H2,1-2H3/b9-6-,10-4+;. The fourth-order valence-electron chi connectivity index (χ4n) is 1.21. The zero-order valence-corrected chi connectivity index (χ0v) is 9.96. The lowest BCUT2D eigenvalue weighted by Crippen LogP contribution is -2.26. The van der Waals surface area contributed by atoms with Gasteiger partial charge >= 0.3 is 0 Å². The molecule has 0 aromatic heterocycles. The Hall–Kier alpha value is -1.50. The molecule has 1 rings (SSSR count). The van der Waals surface area contributed by atoms with Crippen LogP contribution in [-0.4, -0.2) is 0 Å². The van der Waals surface area contributed by atoms with Gasteiger partial charge in [-0.25, -0.2) is 0 Å². The molecule has 0 saturated heterocycles. The number of anilines is 1. The SMILES string of the molecule is C=C/C=c1/cccc(N)/c1=C/C.CCC. The summed E-state index contributed by atoms with van der Waals surface area (Å²) in [6.07, 6.45) is 6.97. The molecule has 1 aromatic carbocycles. The Morgan fingerprint density at radius 3 is 2.40 bits per heavy atom. The maximum Gasteiger partial charge on any atom is 0.0390 e. The topological polar surface area (TPSA) is 26.0 Å². The molecule has 0 aliphatic heterocycles. The minimum absolute atomic E-state index is 0.813. The Bertz CT molecular complexity index is 402. The summed E-state index contributed by atoms with van der Waals surface area (Å²) in [5, 5.41) is 2.20. The minimum atomic E-state index is 0.813. The van der Waals surface area contributed by atoms with Gasteiger partial charge in [-0.1, -0.05) is 57.2 Å². The quantitative estimate of drug-likeness (QED) is 0.697. The molecular formula is C14H21N. The van der Waals surface area contributed by atoms with Crippen molar-refractivity contribution in [3.8, 4) is 0 Å². The average molecular weight is 203 g/mol. The molecule has 2 N–H and O–H groups in total. The van der Waals surface area contributed by atoms with E-state index in [0.29, 0.717) is 0 Å². The zero-order valence-electron chi connectivity index (χ0n) is 9.96. The second-order valence-corrected chi connectivity index (χ2v) is 3.25. The number of nitrogens with two attached hydrogens (primary N) is 1. The third-order valence-electron chi connectivity index (χ3n) is 1.76. The van der Waals surface area contributed by atoms with E-state index < -0.39 is 0 Å². The van der Waals surface area contributed by atoms with Gasteiger partial charge in [0, 0.05) is 10.9 Å². The van der Waals surface area contributed by atoms with E-state index in [9.17, 15) is 0 Å². The number of hydrogen-bond donors (Lipinski definition) is 1. The molecular weight excluding hydrogens is 182 g/mol. The molecule has 0 unspecified atom stereocenters. The lowest BCUT2D eigenvalue weighted by Gasteiger charge is -1.94. The molecule has 0 amide bonds. The first-order chi connectivity index (χ1) is 7.21. The highest BCUT2D eigenvalue weighted by Crippen LogP contribution is 1.86. The first-order valence-electron chi connectivity index (χ1n) is 5.34. The van der Waals surface area contributed by atoms with Crippen LogP contribution in [-0.2, 0) is 0 Å². The minimum Gasteiger partial charge on any atom is -0.398 e. The van der Waals surface area contributed by atoms with Gasteiger partial charge < -0.3 is 5.73 Å². The molecule has 82 valence electrons. The van der Waals surface area contributed by atoms with Crippen molar-refractivity contribution in [3.05, 3.63) is 41.3 Å². The average Bonchev–Trinajstić information content (AvgIpc) is 2.20. The second-order valence-electron chi connectivity index (χ2n) is 3.25. The van der Waals surface area contributed by atoms with Crippen LogP contribution in [0.1, 0.15) is 27.2 Å². The van der Waals surface area contributed by atoms with Crippen molar-refractivity contribution < 1.29 is 0 Å². The highest BCUT2D eigenvalue weighted by molar-refractivity contribution is 5.48. The summed E-state index contributed by atoms with van der Waals surface area (Å²) >= 11 is 0. The molecule has 0 atom stereocenters. The van der Waals surface area contributed by atoms with E-state index in [-0.39, 0.29) is 0 Å². The van der Waals surface area contributed by atoms with Crippen molar-refractivity contribution in [2.75, 3.05) is 5.73 Å². The summed E-state index contributed by atoms with van der Waals surface area (Å²) in [4.78, 5) is 0. The lowest BCUT2D eigenvalue weighted by molar-refractivity contribution is 1.09. The molecule has 1 nitrogen and oxygen atoms in total. The van der Waals surface area contributed by atoms with Gasteiger partial charge in [-0.2, -0.15) is 0 Å². The van der Waals surface area contributed by atoms with Gasteiger partial charge in [-0.05, 0) is 18.2 Å². The van der Waals surface area contributed by atoms with E-state index >= 15 is 0 Å². The van der Waals surface area contributed by atoms with Crippen LogP contribution in [0.25, 0.3) is 12.2 Å². The van der Waals surface area contributed by atoms with Crippen LogP contribution in [0.3, 0.4) is 0 Å². The second kappa shape index (κ2) is 7.86. The predicted octanol–water partition coefficient (Wildman–Crippen LogP) is 2.45. The number of rotatable bonds is 1. The van der Waals surface area contributed by atoms with E-state index in [1.54, 1.807) is 6.08 Å². The van der Waals surface area contributed by atoms with Gasteiger partial charge in [-0.3, -0.25) is 0 Å². The van der Waals surface area contributed by atoms with Crippen molar-refractivity contribution in [2.24, 2.45) is 0 Å². The van der Waals surface area contributed by atoms with Gasteiger partial charge in [0.1, 0.15) is 0 Å². The van der Waals surface area contributed by atoms with Gasteiger partial charge in [-0.15, -0.1) is 0 Å². The summed E-state index contributed by atoms with van der Waals surface area (Å²) in [6, 6.07) is 5.86. The van der Waals surface area contributed by atoms with E-state index in [2.05, 4.69) is 20.4 Å². The molecule has 1 heteroatoms. The fourth-order valence-corrected chi connectivity index (χ4v) is 1.21. The zero-order chi connectivity index (χ0) is 11.7. The number of nitrogen functional groups attached to an aromatic ring is 1. The van der Waals surface area contributed by atoms with E-state index in [4.69, 9.17) is 5.73 Å². The number of allylic oxidation sites excluding steroid dienone is 1. The van der Waals surface area contributed by atoms with Gasteiger partial charge in [0.05, 0.1) is 0 Å². The molecule has 0 aliphatic rings. The third-order valence-corrected chi connectivity index (χ3v) is 1.76. The monoisotopic (exact) mass is 203 g/mol. The highest BCUT2D eigenvalue weighted by Gasteiger charge is 1.87. The molecule has 15 heavy (non-hydrogen) atoms. The van der Waals surface area contributed by atoms with Gasteiger partial charge in [0.15, 0.2) is 0 Å². The van der Waals surface area contributed by atoms with Crippen molar-refractivity contribution in [1.29, 1.82) is 0 Å². The molecule has 0 spiro atoms. The van der Waals surface area contributed by atoms with Gasteiger partial charge in [0.2, 0.25) is 0 Å². The normalized spacial score (nSPS) is 11.9. The Morgan fingerprint density at radius 1 is 1.33 bits per heavy atom. The molecule has 0 aliphatic carbocycles. The summed E-state index contributed by atoms with van der Waals surface area (Å²) in [7, 11) is 0. The third kappa shape index (κ3) is 4.50. The van der Waals surface area contributed by atoms with Crippen LogP contribution in [0.5, 0.6) is 0 Å². The largest absolute Gasteiger partial charge is 0.398 e. The smallest absolute Gasteiger partial charge is 0.0390 e. The number of benzene rings is 1. The predicted molar refractivity (Wildman–Crippen MR) is 70.9 cm³/mol. The molecule has 0 bridgehead atoms. The van der Waals surface area contributed by atoms with Crippen LogP contribution in [0.2, 0.25) is 0 Å². The molecule has 0 saturated carbocycles. The Morgan fingerprint density at radius 2 is 1.93 bits per heavy atom. The molecule has 0 radical (unpaired) electrons. The first kappa shape index (κ1) is 13.5. The maximum absolute atomic E-state index is 5.78. The van der Waals surface area contributed by atoms with Crippen LogP contribution in [0.15, 0.2) is 30.9 Å². The molecule has 1 aromatic rings. The van der Waals surface area contributed by atoms with Crippen LogP contribution >= 0.6 is 0 Å². The van der Waals surface area contributed by atoms with Crippen LogP contribution < -0.4 is 16.2 Å². The lowest BCUT2D eigenvalue weighted by atomic mass is 10.2. The van der Waals surface area contributed by atoms with E-state index in [0.717, 1.165) is 16.1 Å². The van der Waals surface area contributed by atoms with Crippen LogP contribution in [0.4, 0.5) is 5.69 Å². The Labute approximate surface area is 92.6 Å². The van der Waals surface area contributed by atoms with Crippen molar-refractivity contribution in [2.45, 2.75) is 27.2 Å². The Kier molecular flexibility index (Phi) is 7.08. The fraction of sp³-hybridized carbons (Fsp3) is 0.286. The van der Waals surface area contributed by atoms with Crippen LogP contribution in [0, 0.1) is 0 Å². The highest BCUT2D eigenvalue weighted by atomic mass is 14.5. The summed E-state index contributed by atoms with van der Waals surface area (Å²) in [5.74, 6) is 0. The first-order valence-corrected chi connectivity index (χ1v) is 5.34. The van der Waals surface area contributed by atoms with Crippen molar-refractivity contribution in [3.63, 3.8) is 0 Å². The Balaban J connectivity index is 0.000000583. The van der Waals surface area contributed by atoms with Crippen molar-refractivity contribution in [1.82, 2.24) is 0 Å². The summed E-state index contributed by atoms with van der Waals surface area (Å²) in [6.45, 7) is 9.88. The molecule has 0 fully saturated rings. The maximum atomic E-state index is 5.78. The number of hydrogen-bond acceptors (Lipinski definition) is 1. The van der Waals surface area contributed by atoms with Crippen molar-refractivity contribution >= 4 is 17.8 Å². The summed E-state index contributed by atoms with van der Waals surface area (Å²) in [5.41, 5.74) is 6.59.